The molecule has 4 rings (SSSR count). The zero-order valence-corrected chi connectivity index (χ0v) is 19.1. The van der Waals surface area contributed by atoms with Crippen molar-refractivity contribution in [1.82, 2.24) is 20.1 Å². The van der Waals surface area contributed by atoms with Gasteiger partial charge in [-0.1, -0.05) is 0 Å². The molecule has 1 aliphatic heterocycles. The highest BCUT2D eigenvalue weighted by molar-refractivity contribution is 7.10. The van der Waals surface area contributed by atoms with Crippen LogP contribution in [0.3, 0.4) is 0 Å². The number of nitrogens with zero attached hydrogens (tertiary/aromatic N) is 3. The Morgan fingerprint density at radius 1 is 1.15 bits per heavy atom. The Hall–Kier alpha value is -3.53. The second-order valence-electron chi connectivity index (χ2n) is 7.80. The minimum absolute atomic E-state index is 0.00549. The number of hydrogen-bond acceptors (Lipinski definition) is 7. The van der Waals surface area contributed by atoms with Gasteiger partial charge in [-0.15, -0.1) is 11.3 Å². The number of rotatable bonds is 8. The number of methoxy groups -OCH3 is 1. The fourth-order valence-corrected chi connectivity index (χ4v) is 4.74. The second kappa shape index (κ2) is 10.4. The van der Waals surface area contributed by atoms with Gasteiger partial charge in [-0.25, -0.2) is 4.98 Å². The standard InChI is InChI=1S/C23H25N5O4S/c1-32-17-4-2-15(3-5-17)19(29)6-7-21(30)28-12-9-16(10-13-28)23-25-18(14-33-23)22(31)26-20-8-11-24-27-20/h2-5,8,11,14,16H,6-7,9-10,12-13H2,1H3,(H2,24,26,27,31). The lowest BCUT2D eigenvalue weighted by molar-refractivity contribution is -0.132. The van der Waals surface area contributed by atoms with Crippen LogP contribution in [0, 0.1) is 0 Å². The summed E-state index contributed by atoms with van der Waals surface area (Å²) in [5, 5.41) is 11.9. The lowest BCUT2D eigenvalue weighted by Gasteiger charge is -2.31. The number of aromatic amines is 1. The molecule has 2 aromatic heterocycles. The van der Waals surface area contributed by atoms with E-state index in [4.69, 9.17) is 4.74 Å². The largest absolute Gasteiger partial charge is 0.497 e. The van der Waals surface area contributed by atoms with E-state index in [1.165, 1.54) is 11.3 Å². The van der Waals surface area contributed by atoms with Gasteiger partial charge in [-0.3, -0.25) is 19.5 Å². The molecular weight excluding hydrogens is 442 g/mol. The van der Waals surface area contributed by atoms with Gasteiger partial charge in [0.1, 0.15) is 17.3 Å². The van der Waals surface area contributed by atoms with Gasteiger partial charge in [-0.2, -0.15) is 5.10 Å². The van der Waals surface area contributed by atoms with Gasteiger partial charge in [0.05, 0.1) is 18.3 Å². The number of ether oxygens (including phenoxy) is 1. The first kappa shape index (κ1) is 22.7. The van der Waals surface area contributed by atoms with Crippen molar-refractivity contribution in [2.45, 2.75) is 31.6 Å². The molecule has 2 N–H and O–H groups in total. The molecule has 10 heteroatoms. The van der Waals surface area contributed by atoms with Crippen LogP contribution in [0.2, 0.25) is 0 Å². The van der Waals surface area contributed by atoms with Crippen LogP contribution in [0.4, 0.5) is 5.82 Å². The first-order valence-corrected chi connectivity index (χ1v) is 11.6. The quantitative estimate of drug-likeness (QED) is 0.490. The number of hydrogen-bond donors (Lipinski definition) is 2. The summed E-state index contributed by atoms with van der Waals surface area (Å²) in [5.41, 5.74) is 0.957. The van der Waals surface area contributed by atoms with E-state index >= 15 is 0 Å². The number of benzene rings is 1. The van der Waals surface area contributed by atoms with Crippen molar-refractivity contribution in [1.29, 1.82) is 0 Å². The van der Waals surface area contributed by atoms with Crippen LogP contribution in [0.25, 0.3) is 0 Å². The first-order chi connectivity index (χ1) is 16.0. The highest BCUT2D eigenvalue weighted by Crippen LogP contribution is 2.31. The van der Waals surface area contributed by atoms with E-state index in [1.54, 1.807) is 49.0 Å². The highest BCUT2D eigenvalue weighted by Gasteiger charge is 2.26. The van der Waals surface area contributed by atoms with Crippen LogP contribution in [-0.2, 0) is 4.79 Å². The molecule has 0 saturated carbocycles. The fraction of sp³-hybridized carbons (Fsp3) is 0.348. The number of piperidine rings is 1. The summed E-state index contributed by atoms with van der Waals surface area (Å²) in [6.45, 7) is 1.24. The summed E-state index contributed by atoms with van der Waals surface area (Å²) < 4.78 is 5.10. The van der Waals surface area contributed by atoms with Gasteiger partial charge < -0.3 is 15.0 Å². The topological polar surface area (TPSA) is 117 Å². The van der Waals surface area contributed by atoms with E-state index in [-0.39, 0.29) is 36.4 Å². The van der Waals surface area contributed by atoms with Gasteiger partial charge in [0.15, 0.2) is 5.78 Å². The Balaban J connectivity index is 1.23. The predicted molar refractivity (Wildman–Crippen MR) is 124 cm³/mol. The third kappa shape index (κ3) is 5.64. The predicted octanol–water partition coefficient (Wildman–Crippen LogP) is 3.50. The first-order valence-electron chi connectivity index (χ1n) is 10.7. The lowest BCUT2D eigenvalue weighted by Crippen LogP contribution is -2.38. The number of aromatic nitrogens is 3. The van der Waals surface area contributed by atoms with Crippen molar-refractivity contribution >= 4 is 34.8 Å². The normalized spacial score (nSPS) is 14.2. The number of thiazole rings is 1. The summed E-state index contributed by atoms with van der Waals surface area (Å²) in [5.74, 6) is 1.09. The Morgan fingerprint density at radius 3 is 2.58 bits per heavy atom. The minimum Gasteiger partial charge on any atom is -0.497 e. The van der Waals surface area contributed by atoms with Crippen molar-refractivity contribution in [3.8, 4) is 5.75 Å². The van der Waals surface area contributed by atoms with Crippen LogP contribution >= 0.6 is 11.3 Å². The number of Topliss-reactive ketones (excluding diaryl/α,β-unsaturated/α-hetero) is 1. The molecule has 2 amide bonds. The van der Waals surface area contributed by atoms with Gasteiger partial charge in [0.25, 0.3) is 5.91 Å². The van der Waals surface area contributed by atoms with Gasteiger partial charge in [0, 0.05) is 48.9 Å². The van der Waals surface area contributed by atoms with Gasteiger partial charge in [-0.05, 0) is 37.1 Å². The Morgan fingerprint density at radius 2 is 1.91 bits per heavy atom. The Labute approximate surface area is 195 Å². The summed E-state index contributed by atoms with van der Waals surface area (Å²) in [6.07, 6.45) is 3.52. The number of H-pyrrole nitrogens is 1. The third-order valence-electron chi connectivity index (χ3n) is 5.68. The number of amides is 2. The fourth-order valence-electron chi connectivity index (χ4n) is 3.77. The maximum Gasteiger partial charge on any atom is 0.276 e. The SMILES string of the molecule is COc1ccc(C(=O)CCC(=O)N2CCC(c3nc(C(=O)Nc4ccn[nH]4)cs3)CC2)cc1. The molecule has 9 nitrogen and oxygen atoms in total. The van der Waals surface area contributed by atoms with E-state index in [0.717, 1.165) is 17.8 Å². The number of carbonyl (C=O) groups is 3. The monoisotopic (exact) mass is 467 g/mol. The molecule has 0 spiro atoms. The van der Waals surface area contributed by atoms with Crippen LogP contribution in [0.5, 0.6) is 5.75 Å². The average molecular weight is 468 g/mol. The number of anilines is 1. The average Bonchev–Trinajstić information content (AvgIpc) is 3.55. The molecule has 0 atom stereocenters. The molecule has 172 valence electrons. The van der Waals surface area contributed by atoms with Gasteiger partial charge >= 0.3 is 0 Å². The molecule has 0 bridgehead atoms. The molecule has 1 saturated heterocycles. The summed E-state index contributed by atoms with van der Waals surface area (Å²) >= 11 is 1.47. The molecule has 1 fully saturated rings. The van der Waals surface area contributed by atoms with Crippen LogP contribution in [0.15, 0.2) is 41.9 Å². The lowest BCUT2D eigenvalue weighted by atomic mass is 9.97. The third-order valence-corrected chi connectivity index (χ3v) is 6.69. The molecule has 0 unspecified atom stereocenters. The number of likely N-dealkylation sites (tertiary alicyclic amines) is 1. The van der Waals surface area contributed by atoms with Crippen LogP contribution in [0.1, 0.15) is 57.5 Å². The van der Waals surface area contributed by atoms with Crippen molar-refractivity contribution in [3.05, 3.63) is 58.2 Å². The summed E-state index contributed by atoms with van der Waals surface area (Å²) in [7, 11) is 1.58. The molecule has 0 radical (unpaired) electrons. The van der Waals surface area contributed by atoms with Crippen molar-refractivity contribution in [2.75, 3.05) is 25.5 Å². The Kier molecular flexibility index (Phi) is 7.13. The molecule has 3 heterocycles. The summed E-state index contributed by atoms with van der Waals surface area (Å²) in [6, 6.07) is 8.58. The van der Waals surface area contributed by atoms with Gasteiger partial charge in [0.2, 0.25) is 5.91 Å². The number of ketones is 1. The maximum absolute atomic E-state index is 12.6. The second-order valence-corrected chi connectivity index (χ2v) is 8.69. The van der Waals surface area contributed by atoms with E-state index in [2.05, 4.69) is 20.5 Å². The summed E-state index contributed by atoms with van der Waals surface area (Å²) in [4.78, 5) is 43.6. The van der Waals surface area contributed by atoms with E-state index in [9.17, 15) is 14.4 Å². The molecule has 1 aromatic carbocycles. The van der Waals surface area contributed by atoms with E-state index in [1.807, 2.05) is 4.90 Å². The number of nitrogens with one attached hydrogen (secondary N) is 2. The molecule has 1 aliphatic rings. The van der Waals surface area contributed by atoms with E-state index < -0.39 is 0 Å². The van der Waals surface area contributed by atoms with Crippen molar-refractivity contribution in [2.24, 2.45) is 0 Å². The molecular formula is C23H25N5O4S. The zero-order valence-electron chi connectivity index (χ0n) is 18.2. The van der Waals surface area contributed by atoms with Crippen LogP contribution in [-0.4, -0.2) is 57.9 Å². The molecule has 0 aliphatic carbocycles. The Bertz CT molecular complexity index is 1100. The highest BCUT2D eigenvalue weighted by atomic mass is 32.1. The molecule has 3 aromatic rings. The minimum atomic E-state index is -0.282. The van der Waals surface area contributed by atoms with Crippen molar-refractivity contribution in [3.63, 3.8) is 0 Å². The van der Waals surface area contributed by atoms with Crippen molar-refractivity contribution < 1.29 is 19.1 Å². The zero-order chi connectivity index (χ0) is 23.2. The molecule has 33 heavy (non-hydrogen) atoms. The van der Waals surface area contributed by atoms with Crippen LogP contribution < -0.4 is 10.1 Å². The maximum atomic E-state index is 12.6. The smallest absolute Gasteiger partial charge is 0.276 e. The van der Waals surface area contributed by atoms with E-state index in [0.29, 0.717) is 35.9 Å². The number of carbonyl (C=O) groups excluding carboxylic acids is 3.